The lowest BCUT2D eigenvalue weighted by atomic mass is 10.2. The first-order valence-corrected chi connectivity index (χ1v) is 5.04. The van der Waals surface area contributed by atoms with Gasteiger partial charge in [-0.2, -0.15) is 0 Å². The first-order chi connectivity index (χ1) is 8.22. The predicted octanol–water partition coefficient (Wildman–Crippen LogP) is 1.55. The molecule has 2 rings (SSSR count). The lowest BCUT2D eigenvalue weighted by molar-refractivity contribution is 0.353. The molecule has 2 aromatic rings. The molecule has 0 aliphatic carbocycles. The number of pyridine rings is 1. The average molecular weight is 235 g/mol. The summed E-state index contributed by atoms with van der Waals surface area (Å²) in [5.74, 6) is 1.15. The van der Waals surface area contributed by atoms with Gasteiger partial charge < -0.3 is 19.2 Å². The molecule has 0 saturated carbocycles. The van der Waals surface area contributed by atoms with Crippen LogP contribution in [0, 0.1) is 0 Å². The van der Waals surface area contributed by atoms with Crippen molar-refractivity contribution in [3.05, 3.63) is 28.6 Å². The second-order valence-corrected chi connectivity index (χ2v) is 3.40. The van der Waals surface area contributed by atoms with Crippen LogP contribution in [-0.4, -0.2) is 26.3 Å². The van der Waals surface area contributed by atoms with Gasteiger partial charge in [0.2, 0.25) is 5.75 Å². The highest BCUT2D eigenvalue weighted by molar-refractivity contribution is 5.91. The van der Waals surface area contributed by atoms with Crippen LogP contribution in [0.5, 0.6) is 17.2 Å². The van der Waals surface area contributed by atoms with Gasteiger partial charge in [0.1, 0.15) is 5.75 Å². The quantitative estimate of drug-likeness (QED) is 0.876. The smallest absolute Gasteiger partial charge is 0.294 e. The van der Waals surface area contributed by atoms with Crippen LogP contribution in [0.3, 0.4) is 0 Å². The molecule has 0 amide bonds. The Bertz CT molecular complexity index is 603. The summed E-state index contributed by atoms with van der Waals surface area (Å²) in [6, 6.07) is 5.42. The van der Waals surface area contributed by atoms with Crippen molar-refractivity contribution in [1.82, 2.24) is 4.98 Å². The summed E-state index contributed by atoms with van der Waals surface area (Å²) >= 11 is 0. The molecule has 0 spiro atoms. The lowest BCUT2D eigenvalue weighted by Gasteiger charge is -2.11. The summed E-state index contributed by atoms with van der Waals surface area (Å²) < 4.78 is 15.5. The Kier molecular flexibility index (Phi) is 2.91. The first-order valence-electron chi connectivity index (χ1n) is 5.04. The van der Waals surface area contributed by atoms with Gasteiger partial charge >= 0.3 is 0 Å². The number of benzene rings is 1. The van der Waals surface area contributed by atoms with Gasteiger partial charge in [-0.05, 0) is 12.1 Å². The van der Waals surface area contributed by atoms with Gasteiger partial charge in [0.25, 0.3) is 5.56 Å². The largest absolute Gasteiger partial charge is 0.495 e. The fourth-order valence-corrected chi connectivity index (χ4v) is 1.80. The molecule has 0 radical (unpaired) electrons. The molecular formula is C12H13NO4. The molecular weight excluding hydrogens is 222 g/mol. The minimum atomic E-state index is -0.346. The topological polar surface area (TPSA) is 60.6 Å². The fraction of sp³-hybridized carbons (Fsp3) is 0.250. The zero-order valence-corrected chi connectivity index (χ0v) is 9.87. The van der Waals surface area contributed by atoms with Crippen molar-refractivity contribution in [3.63, 3.8) is 0 Å². The van der Waals surface area contributed by atoms with Gasteiger partial charge in [0.15, 0.2) is 5.75 Å². The van der Waals surface area contributed by atoms with Crippen LogP contribution >= 0.6 is 0 Å². The molecule has 0 atom stereocenters. The van der Waals surface area contributed by atoms with E-state index in [1.54, 1.807) is 13.2 Å². The fourth-order valence-electron chi connectivity index (χ4n) is 1.80. The number of methoxy groups -OCH3 is 3. The third-order valence-electron chi connectivity index (χ3n) is 2.55. The normalized spacial score (nSPS) is 10.3. The molecule has 5 heteroatoms. The van der Waals surface area contributed by atoms with E-state index < -0.39 is 0 Å². The van der Waals surface area contributed by atoms with E-state index >= 15 is 0 Å². The van der Waals surface area contributed by atoms with Crippen molar-refractivity contribution in [2.75, 3.05) is 21.3 Å². The maximum absolute atomic E-state index is 11.8. The molecule has 17 heavy (non-hydrogen) atoms. The summed E-state index contributed by atoms with van der Waals surface area (Å²) in [5.41, 5.74) is 0.249. The number of rotatable bonds is 3. The maximum Gasteiger partial charge on any atom is 0.294 e. The molecule has 0 fully saturated rings. The van der Waals surface area contributed by atoms with Gasteiger partial charge in [0, 0.05) is 5.39 Å². The monoisotopic (exact) mass is 235 g/mol. The second-order valence-electron chi connectivity index (χ2n) is 3.40. The Morgan fingerprint density at radius 1 is 1.00 bits per heavy atom. The summed E-state index contributed by atoms with van der Waals surface area (Å²) in [6.07, 6.45) is 0. The van der Waals surface area contributed by atoms with Crippen molar-refractivity contribution in [2.45, 2.75) is 0 Å². The summed E-state index contributed by atoms with van der Waals surface area (Å²) in [5, 5.41) is 0.739. The molecule has 5 nitrogen and oxygen atoms in total. The lowest BCUT2D eigenvalue weighted by Crippen LogP contribution is -2.11. The third kappa shape index (κ3) is 1.69. The van der Waals surface area contributed by atoms with Crippen LogP contribution in [-0.2, 0) is 0 Å². The van der Waals surface area contributed by atoms with Crippen LogP contribution < -0.4 is 19.8 Å². The van der Waals surface area contributed by atoms with Gasteiger partial charge in [-0.3, -0.25) is 4.79 Å². The number of nitrogens with one attached hydrogen (secondary N) is 1. The van der Waals surface area contributed by atoms with Gasteiger partial charge in [0.05, 0.1) is 26.8 Å². The van der Waals surface area contributed by atoms with E-state index in [4.69, 9.17) is 14.2 Å². The maximum atomic E-state index is 11.8. The number of H-pyrrole nitrogens is 1. The second kappa shape index (κ2) is 4.37. The SMILES string of the molecule is COc1c(OC)c2cccc(OC)c2[nH]c1=O. The van der Waals surface area contributed by atoms with Crippen molar-refractivity contribution >= 4 is 10.9 Å². The molecule has 0 unspecified atom stereocenters. The van der Waals surface area contributed by atoms with E-state index in [1.807, 2.05) is 12.1 Å². The highest BCUT2D eigenvalue weighted by atomic mass is 16.5. The van der Waals surface area contributed by atoms with Crippen molar-refractivity contribution in [2.24, 2.45) is 0 Å². The number of hydrogen-bond acceptors (Lipinski definition) is 4. The van der Waals surface area contributed by atoms with Gasteiger partial charge in [-0.15, -0.1) is 0 Å². The molecule has 1 aromatic heterocycles. The molecule has 0 saturated heterocycles. The minimum Gasteiger partial charge on any atom is -0.495 e. The van der Waals surface area contributed by atoms with Crippen LogP contribution in [0.25, 0.3) is 10.9 Å². The van der Waals surface area contributed by atoms with E-state index in [-0.39, 0.29) is 11.3 Å². The minimum absolute atomic E-state index is 0.160. The summed E-state index contributed by atoms with van der Waals surface area (Å²) in [7, 11) is 4.47. The first kappa shape index (κ1) is 11.3. The van der Waals surface area contributed by atoms with Crippen LogP contribution in [0.4, 0.5) is 0 Å². The van der Waals surface area contributed by atoms with E-state index in [0.29, 0.717) is 17.0 Å². The molecule has 90 valence electrons. The molecule has 0 aliphatic rings. The van der Waals surface area contributed by atoms with Crippen LogP contribution in [0.15, 0.2) is 23.0 Å². The summed E-state index contributed by atoms with van der Waals surface area (Å²) in [4.78, 5) is 14.5. The van der Waals surface area contributed by atoms with Crippen LogP contribution in [0.2, 0.25) is 0 Å². The molecule has 0 aliphatic heterocycles. The number of aromatic amines is 1. The molecule has 1 N–H and O–H groups in total. The van der Waals surface area contributed by atoms with Crippen molar-refractivity contribution in [1.29, 1.82) is 0 Å². The van der Waals surface area contributed by atoms with Crippen LogP contribution in [0.1, 0.15) is 0 Å². The zero-order chi connectivity index (χ0) is 12.4. The van der Waals surface area contributed by atoms with Gasteiger partial charge in [-0.25, -0.2) is 0 Å². The molecule has 1 aromatic carbocycles. The van der Waals surface area contributed by atoms with Crippen molar-refractivity contribution in [3.8, 4) is 17.2 Å². The molecule has 1 heterocycles. The van der Waals surface area contributed by atoms with E-state index in [0.717, 1.165) is 5.39 Å². The standard InChI is InChI=1S/C12H13NO4/c1-15-8-6-4-5-7-9(8)13-12(14)11(17-3)10(7)16-2/h4-6H,1-3H3,(H,13,14). The number of aromatic nitrogens is 1. The highest BCUT2D eigenvalue weighted by Crippen LogP contribution is 2.34. The summed E-state index contributed by atoms with van der Waals surface area (Å²) in [6.45, 7) is 0. The average Bonchev–Trinajstić information content (AvgIpc) is 2.36. The molecule has 0 bridgehead atoms. The number of para-hydroxylation sites is 1. The van der Waals surface area contributed by atoms with E-state index in [2.05, 4.69) is 4.98 Å². The Balaban J connectivity index is 2.92. The van der Waals surface area contributed by atoms with Crippen molar-refractivity contribution < 1.29 is 14.2 Å². The number of hydrogen-bond donors (Lipinski definition) is 1. The predicted molar refractivity (Wildman–Crippen MR) is 64.2 cm³/mol. The van der Waals surface area contributed by atoms with E-state index in [9.17, 15) is 4.79 Å². The highest BCUT2D eigenvalue weighted by Gasteiger charge is 2.15. The zero-order valence-electron chi connectivity index (χ0n) is 9.87. The number of fused-ring (bicyclic) bond motifs is 1. The Morgan fingerprint density at radius 3 is 2.29 bits per heavy atom. The number of ether oxygens (including phenoxy) is 3. The Morgan fingerprint density at radius 2 is 1.71 bits per heavy atom. The third-order valence-corrected chi connectivity index (χ3v) is 2.55. The van der Waals surface area contributed by atoms with E-state index in [1.165, 1.54) is 14.2 Å². The Labute approximate surface area is 97.9 Å². The Hall–Kier alpha value is -2.17. The van der Waals surface area contributed by atoms with Gasteiger partial charge in [-0.1, -0.05) is 6.07 Å².